The van der Waals surface area contributed by atoms with Gasteiger partial charge in [-0.05, 0) is 34.1 Å². The topological polar surface area (TPSA) is 83.7 Å². The molecule has 1 aromatic carbocycles. The van der Waals surface area contributed by atoms with E-state index in [4.69, 9.17) is 5.73 Å². The van der Waals surface area contributed by atoms with Crippen LogP contribution in [0.15, 0.2) is 35.1 Å². The van der Waals surface area contributed by atoms with Crippen LogP contribution in [-0.2, 0) is 0 Å². The molecule has 3 aromatic rings. The first-order valence-corrected chi connectivity index (χ1v) is 6.39. The number of benzene rings is 1. The maximum absolute atomic E-state index is 5.77. The number of nitrogens with zero attached hydrogens (tertiary/aromatic N) is 4. The van der Waals surface area contributed by atoms with Crippen molar-refractivity contribution in [1.29, 1.82) is 0 Å². The van der Waals surface area contributed by atoms with Crippen LogP contribution in [-0.4, -0.2) is 27.2 Å². The van der Waals surface area contributed by atoms with Crippen LogP contribution in [0.3, 0.4) is 0 Å². The minimum Gasteiger partial charge on any atom is -0.383 e. The van der Waals surface area contributed by atoms with E-state index in [1.807, 2.05) is 30.1 Å². The quantitative estimate of drug-likeness (QED) is 0.758. The van der Waals surface area contributed by atoms with E-state index >= 15 is 0 Å². The molecule has 0 bridgehead atoms. The Kier molecular flexibility index (Phi) is 2.83. The summed E-state index contributed by atoms with van der Waals surface area (Å²) >= 11 is 3.28. The first kappa shape index (κ1) is 11.9. The lowest BCUT2D eigenvalue weighted by molar-refractivity contribution is 1.04. The van der Waals surface area contributed by atoms with Gasteiger partial charge in [0.25, 0.3) is 0 Å². The van der Waals surface area contributed by atoms with Gasteiger partial charge in [0.2, 0.25) is 5.95 Å². The van der Waals surface area contributed by atoms with Gasteiger partial charge in [-0.15, -0.1) is 0 Å². The number of nitrogen functional groups attached to an aromatic ring is 1. The fraction of sp³-hybridized carbons (Fsp3) is 0.0833. The van der Waals surface area contributed by atoms with Gasteiger partial charge in [0.1, 0.15) is 5.82 Å². The highest BCUT2D eigenvalue weighted by molar-refractivity contribution is 9.10. The van der Waals surface area contributed by atoms with Crippen LogP contribution in [0, 0.1) is 0 Å². The summed E-state index contributed by atoms with van der Waals surface area (Å²) in [5.74, 6) is 0.957. The smallest absolute Gasteiger partial charge is 0.231 e. The van der Waals surface area contributed by atoms with Crippen LogP contribution < -0.4 is 10.6 Å². The predicted octanol–water partition coefficient (Wildman–Crippen LogP) is 2.47. The zero-order chi connectivity index (χ0) is 13.4. The van der Waals surface area contributed by atoms with Crippen molar-refractivity contribution in [2.75, 3.05) is 17.7 Å². The molecule has 0 atom stereocenters. The number of anilines is 3. The summed E-state index contributed by atoms with van der Waals surface area (Å²) in [4.78, 5) is 10.3. The summed E-state index contributed by atoms with van der Waals surface area (Å²) in [7, 11) is 1.89. The number of nitrogens with one attached hydrogen (secondary N) is 1. The largest absolute Gasteiger partial charge is 0.383 e. The fourth-order valence-electron chi connectivity index (χ4n) is 1.78. The van der Waals surface area contributed by atoms with Crippen LogP contribution >= 0.6 is 15.9 Å². The van der Waals surface area contributed by atoms with Crippen molar-refractivity contribution >= 4 is 44.3 Å². The van der Waals surface area contributed by atoms with Gasteiger partial charge in [0.05, 0.1) is 16.2 Å². The molecule has 2 heterocycles. The summed E-state index contributed by atoms with van der Waals surface area (Å²) in [5, 5.41) is 8.00. The van der Waals surface area contributed by atoms with E-state index in [1.54, 1.807) is 12.4 Å². The van der Waals surface area contributed by atoms with Crippen LogP contribution in [0.5, 0.6) is 0 Å². The van der Waals surface area contributed by atoms with Gasteiger partial charge in [-0.1, -0.05) is 0 Å². The van der Waals surface area contributed by atoms with Crippen molar-refractivity contribution in [3.8, 4) is 0 Å². The van der Waals surface area contributed by atoms with Gasteiger partial charge in [-0.2, -0.15) is 10.1 Å². The van der Waals surface area contributed by atoms with E-state index < -0.39 is 0 Å². The third-order valence-electron chi connectivity index (χ3n) is 2.87. The molecule has 0 amide bonds. The zero-order valence-corrected chi connectivity index (χ0v) is 11.7. The number of aromatic amines is 1. The Morgan fingerprint density at radius 2 is 2.16 bits per heavy atom. The lowest BCUT2D eigenvalue weighted by atomic mass is 10.2. The Labute approximate surface area is 117 Å². The number of nitrogens with two attached hydrogens (primary N) is 1. The number of fused-ring (bicyclic) bond motifs is 1. The number of hydrogen-bond donors (Lipinski definition) is 2. The zero-order valence-electron chi connectivity index (χ0n) is 10.1. The molecule has 0 saturated heterocycles. The highest BCUT2D eigenvalue weighted by atomic mass is 79.9. The van der Waals surface area contributed by atoms with Crippen LogP contribution in [0.1, 0.15) is 0 Å². The minimum absolute atomic E-state index is 0.416. The first-order chi connectivity index (χ1) is 9.15. The van der Waals surface area contributed by atoms with Crippen molar-refractivity contribution in [2.45, 2.75) is 0 Å². The molecular weight excluding hydrogens is 308 g/mol. The molecule has 0 radical (unpaired) electrons. The molecule has 96 valence electrons. The van der Waals surface area contributed by atoms with Crippen molar-refractivity contribution in [2.24, 2.45) is 0 Å². The Morgan fingerprint density at radius 1 is 1.32 bits per heavy atom. The van der Waals surface area contributed by atoms with Crippen LogP contribution in [0.25, 0.3) is 10.9 Å². The molecule has 6 nitrogen and oxygen atoms in total. The summed E-state index contributed by atoms with van der Waals surface area (Å²) in [6.45, 7) is 0. The van der Waals surface area contributed by atoms with Crippen LogP contribution in [0.2, 0.25) is 0 Å². The normalized spacial score (nSPS) is 10.8. The third kappa shape index (κ3) is 2.12. The third-order valence-corrected chi connectivity index (χ3v) is 3.48. The van der Waals surface area contributed by atoms with Gasteiger partial charge in [0.15, 0.2) is 0 Å². The number of rotatable bonds is 2. The molecule has 7 heteroatoms. The number of halogens is 1. The van der Waals surface area contributed by atoms with Crippen molar-refractivity contribution in [3.63, 3.8) is 0 Å². The Bertz CT molecular complexity index is 738. The average Bonchev–Trinajstić information content (AvgIpc) is 2.88. The monoisotopic (exact) mass is 318 g/mol. The number of H-pyrrole nitrogens is 1. The number of aromatic nitrogens is 4. The van der Waals surface area contributed by atoms with Gasteiger partial charge in [-0.3, -0.25) is 5.10 Å². The summed E-state index contributed by atoms with van der Waals surface area (Å²) in [6, 6.07) is 5.97. The predicted molar refractivity (Wildman–Crippen MR) is 78.3 cm³/mol. The molecule has 0 unspecified atom stereocenters. The van der Waals surface area contributed by atoms with E-state index in [9.17, 15) is 0 Å². The minimum atomic E-state index is 0.416. The molecule has 2 aromatic heterocycles. The average molecular weight is 319 g/mol. The standard InChI is InChI=1S/C12H11BrN6/c1-19(12-15-6-9(13)11(14)17-12)8-3-2-7-5-16-18-10(7)4-8/h2-6H,1H3,(H,16,18)(H2,14,15,17). The molecule has 19 heavy (non-hydrogen) atoms. The Hall–Kier alpha value is -2.15. The maximum Gasteiger partial charge on any atom is 0.231 e. The second-order valence-electron chi connectivity index (χ2n) is 4.10. The molecular formula is C12H11BrN6. The van der Waals surface area contributed by atoms with Gasteiger partial charge in [0, 0.05) is 24.3 Å². The SMILES string of the molecule is CN(c1ccc2cn[nH]c2c1)c1ncc(Br)c(N)n1. The highest BCUT2D eigenvalue weighted by Crippen LogP contribution is 2.25. The van der Waals surface area contributed by atoms with E-state index in [1.165, 1.54) is 0 Å². The van der Waals surface area contributed by atoms with Crippen LogP contribution in [0.4, 0.5) is 17.5 Å². The molecule has 0 aliphatic rings. The second-order valence-corrected chi connectivity index (χ2v) is 4.96. The lowest BCUT2D eigenvalue weighted by Crippen LogP contribution is -2.13. The Balaban J connectivity index is 2.01. The van der Waals surface area contributed by atoms with Crippen molar-refractivity contribution in [1.82, 2.24) is 20.2 Å². The molecule has 0 spiro atoms. The molecule has 0 saturated carbocycles. The van der Waals surface area contributed by atoms with E-state index in [0.29, 0.717) is 16.2 Å². The summed E-state index contributed by atoms with van der Waals surface area (Å²) in [5.41, 5.74) is 7.69. The molecule has 0 aliphatic carbocycles. The van der Waals surface area contributed by atoms with Gasteiger partial charge < -0.3 is 10.6 Å². The molecule has 3 rings (SSSR count). The molecule has 3 N–H and O–H groups in total. The Morgan fingerprint density at radius 3 is 2.95 bits per heavy atom. The fourth-order valence-corrected chi connectivity index (χ4v) is 1.97. The summed E-state index contributed by atoms with van der Waals surface area (Å²) < 4.78 is 0.689. The molecule has 0 aliphatic heterocycles. The number of hydrogen-bond acceptors (Lipinski definition) is 5. The molecule has 0 fully saturated rings. The van der Waals surface area contributed by atoms with Crippen molar-refractivity contribution in [3.05, 3.63) is 35.1 Å². The van der Waals surface area contributed by atoms with E-state index in [-0.39, 0.29) is 0 Å². The second kappa shape index (κ2) is 4.51. The summed E-state index contributed by atoms with van der Waals surface area (Å²) in [6.07, 6.45) is 3.43. The van der Waals surface area contributed by atoms with Gasteiger partial charge in [-0.25, -0.2) is 4.98 Å². The highest BCUT2D eigenvalue weighted by Gasteiger charge is 2.10. The van der Waals surface area contributed by atoms with Gasteiger partial charge >= 0.3 is 0 Å². The maximum atomic E-state index is 5.77. The first-order valence-electron chi connectivity index (χ1n) is 5.60. The van der Waals surface area contributed by atoms with Crippen molar-refractivity contribution < 1.29 is 0 Å². The lowest BCUT2D eigenvalue weighted by Gasteiger charge is -2.17. The van der Waals surface area contributed by atoms with E-state index in [2.05, 4.69) is 36.1 Å². The van der Waals surface area contributed by atoms with E-state index in [0.717, 1.165) is 16.6 Å².